The Morgan fingerprint density at radius 3 is 2.52 bits per heavy atom. The summed E-state index contributed by atoms with van der Waals surface area (Å²) in [7, 11) is 0. The van der Waals surface area contributed by atoms with Gasteiger partial charge in [0.05, 0.1) is 23.7 Å². The van der Waals surface area contributed by atoms with Crippen molar-refractivity contribution in [3.8, 4) is 0 Å². The second kappa shape index (κ2) is 7.53. The maximum Gasteiger partial charge on any atom is 0.416 e. The lowest BCUT2D eigenvalue weighted by Gasteiger charge is -2.34. The third-order valence-electron chi connectivity index (χ3n) is 4.44. The molecule has 144 valence electrons. The minimum atomic E-state index is -4.41. The van der Waals surface area contributed by atoms with Crippen molar-refractivity contribution in [2.45, 2.75) is 18.9 Å². The van der Waals surface area contributed by atoms with Crippen molar-refractivity contribution in [1.82, 2.24) is 0 Å². The normalized spacial score (nSPS) is 17.8. The van der Waals surface area contributed by atoms with Gasteiger partial charge in [0.1, 0.15) is 11.8 Å². The number of aliphatic hydroxyl groups is 1. The van der Waals surface area contributed by atoms with E-state index in [1.54, 1.807) is 11.0 Å². The molecule has 2 aromatic rings. The van der Waals surface area contributed by atoms with Crippen molar-refractivity contribution in [2.24, 2.45) is 0 Å². The van der Waals surface area contributed by atoms with Crippen molar-refractivity contribution >= 4 is 11.4 Å². The van der Waals surface area contributed by atoms with Crippen molar-refractivity contribution in [1.29, 1.82) is 0 Å². The first-order valence-electron chi connectivity index (χ1n) is 8.21. The lowest BCUT2D eigenvalue weighted by atomic mass is 10.0. The predicted octanol–water partition coefficient (Wildman–Crippen LogP) is 3.68. The lowest BCUT2D eigenvalue weighted by Crippen LogP contribution is -2.38. The van der Waals surface area contributed by atoms with Gasteiger partial charge in [-0.25, -0.2) is 0 Å². The lowest BCUT2D eigenvalue weighted by molar-refractivity contribution is -0.384. The minimum absolute atomic E-state index is 0.0970. The van der Waals surface area contributed by atoms with Crippen LogP contribution in [-0.2, 0) is 17.5 Å². The van der Waals surface area contributed by atoms with Crippen LogP contribution in [0.1, 0.15) is 22.8 Å². The summed E-state index contributed by atoms with van der Waals surface area (Å²) in [6.07, 6.45) is -4.93. The summed E-state index contributed by atoms with van der Waals surface area (Å²) >= 11 is 0. The molecule has 1 fully saturated rings. The molecule has 1 saturated heterocycles. The number of nitro groups is 1. The Balaban J connectivity index is 1.85. The number of morpholine rings is 1. The first-order valence-corrected chi connectivity index (χ1v) is 8.21. The van der Waals surface area contributed by atoms with Crippen LogP contribution >= 0.6 is 0 Å². The van der Waals surface area contributed by atoms with Crippen LogP contribution in [0.25, 0.3) is 0 Å². The highest BCUT2D eigenvalue weighted by molar-refractivity contribution is 5.65. The van der Waals surface area contributed by atoms with Crippen molar-refractivity contribution in [3.05, 3.63) is 69.3 Å². The number of benzene rings is 2. The average molecular weight is 382 g/mol. The van der Waals surface area contributed by atoms with E-state index >= 15 is 0 Å². The number of aliphatic hydroxyl groups excluding tert-OH is 1. The smallest absolute Gasteiger partial charge is 0.392 e. The summed E-state index contributed by atoms with van der Waals surface area (Å²) in [5.74, 6) is 0. The summed E-state index contributed by atoms with van der Waals surface area (Å²) in [4.78, 5) is 12.6. The largest absolute Gasteiger partial charge is 0.416 e. The first-order chi connectivity index (χ1) is 12.8. The van der Waals surface area contributed by atoms with Gasteiger partial charge in [0.2, 0.25) is 0 Å². The Hall–Kier alpha value is -2.65. The van der Waals surface area contributed by atoms with Crippen molar-refractivity contribution < 1.29 is 27.9 Å². The Morgan fingerprint density at radius 1 is 1.22 bits per heavy atom. The van der Waals surface area contributed by atoms with E-state index in [4.69, 9.17) is 4.74 Å². The molecule has 0 spiro atoms. The molecule has 0 amide bonds. The van der Waals surface area contributed by atoms with Crippen LogP contribution in [0, 0.1) is 10.1 Å². The standard InChI is InChI=1S/C18H17F3N2O4/c19-18(20,21)14-4-2-13(3-5-14)17-10-22(7-8-27-17)16-9-12(11-24)1-6-15(16)23(25)26/h1-6,9,17,24H,7-8,10-11H2. The van der Waals surface area contributed by atoms with E-state index in [2.05, 4.69) is 0 Å². The van der Waals surface area contributed by atoms with Gasteiger partial charge in [-0.3, -0.25) is 10.1 Å². The van der Waals surface area contributed by atoms with Gasteiger partial charge < -0.3 is 14.7 Å². The van der Waals surface area contributed by atoms with Gasteiger partial charge in [-0.15, -0.1) is 0 Å². The fraction of sp³-hybridized carbons (Fsp3) is 0.333. The van der Waals surface area contributed by atoms with Gasteiger partial charge in [0.25, 0.3) is 5.69 Å². The predicted molar refractivity (Wildman–Crippen MR) is 91.4 cm³/mol. The molecular formula is C18H17F3N2O4. The molecule has 0 bridgehead atoms. The third-order valence-corrected chi connectivity index (χ3v) is 4.44. The van der Waals surface area contributed by atoms with E-state index in [9.17, 15) is 28.4 Å². The van der Waals surface area contributed by atoms with Crippen LogP contribution < -0.4 is 4.90 Å². The van der Waals surface area contributed by atoms with E-state index in [0.717, 1.165) is 12.1 Å². The number of hydrogen-bond acceptors (Lipinski definition) is 5. The number of halogens is 3. The van der Waals surface area contributed by atoms with Crippen LogP contribution in [0.3, 0.4) is 0 Å². The Kier molecular flexibility index (Phi) is 5.33. The fourth-order valence-electron chi connectivity index (χ4n) is 3.03. The molecule has 6 nitrogen and oxygen atoms in total. The Morgan fingerprint density at radius 2 is 1.93 bits per heavy atom. The van der Waals surface area contributed by atoms with Crippen molar-refractivity contribution in [2.75, 3.05) is 24.6 Å². The molecule has 0 saturated carbocycles. The van der Waals surface area contributed by atoms with E-state index < -0.39 is 22.8 Å². The molecule has 0 radical (unpaired) electrons. The number of alkyl halides is 3. The number of nitro benzene ring substituents is 1. The van der Waals surface area contributed by atoms with Crippen LogP contribution in [0.15, 0.2) is 42.5 Å². The molecule has 27 heavy (non-hydrogen) atoms. The third kappa shape index (κ3) is 4.20. The van der Waals surface area contributed by atoms with Gasteiger partial charge in [-0.05, 0) is 35.4 Å². The molecule has 9 heteroatoms. The minimum Gasteiger partial charge on any atom is -0.392 e. The van der Waals surface area contributed by atoms with E-state index in [1.165, 1.54) is 24.3 Å². The molecule has 1 atom stereocenters. The average Bonchev–Trinajstić information content (AvgIpc) is 2.67. The molecule has 1 aliphatic heterocycles. The molecule has 2 aromatic carbocycles. The zero-order chi connectivity index (χ0) is 19.6. The Bertz CT molecular complexity index is 824. The number of nitrogens with zero attached hydrogens (tertiary/aromatic N) is 2. The number of hydrogen-bond donors (Lipinski definition) is 1. The highest BCUT2D eigenvalue weighted by Gasteiger charge is 2.31. The van der Waals surface area contributed by atoms with Gasteiger partial charge in [0, 0.05) is 19.2 Å². The summed E-state index contributed by atoms with van der Waals surface area (Å²) in [5.41, 5.74) is 0.610. The van der Waals surface area contributed by atoms with E-state index in [0.29, 0.717) is 23.4 Å². The monoisotopic (exact) mass is 382 g/mol. The van der Waals surface area contributed by atoms with Gasteiger partial charge in [-0.1, -0.05) is 12.1 Å². The number of ether oxygens (including phenoxy) is 1. The zero-order valence-electron chi connectivity index (χ0n) is 14.1. The van der Waals surface area contributed by atoms with Crippen LogP contribution in [0.2, 0.25) is 0 Å². The van der Waals surface area contributed by atoms with E-state index in [1.807, 2.05) is 0 Å². The first kappa shape index (κ1) is 19.1. The molecule has 1 heterocycles. The number of anilines is 1. The quantitative estimate of drug-likeness (QED) is 0.645. The van der Waals surface area contributed by atoms with Crippen LogP contribution in [0.5, 0.6) is 0 Å². The maximum atomic E-state index is 12.7. The summed E-state index contributed by atoms with van der Waals surface area (Å²) in [5, 5.41) is 20.6. The van der Waals surface area contributed by atoms with Gasteiger partial charge in [0.15, 0.2) is 0 Å². The van der Waals surface area contributed by atoms with Gasteiger partial charge in [-0.2, -0.15) is 13.2 Å². The molecule has 1 unspecified atom stereocenters. The summed E-state index contributed by atoms with van der Waals surface area (Å²) in [6.45, 7) is 0.664. The number of rotatable bonds is 4. The highest BCUT2D eigenvalue weighted by Crippen LogP contribution is 2.34. The van der Waals surface area contributed by atoms with Gasteiger partial charge >= 0.3 is 6.18 Å². The van der Waals surface area contributed by atoms with Crippen LogP contribution in [-0.4, -0.2) is 29.7 Å². The highest BCUT2D eigenvalue weighted by atomic mass is 19.4. The summed E-state index contributed by atoms with van der Waals surface area (Å²) in [6, 6.07) is 9.07. The Labute approximate surface area is 152 Å². The second-order valence-electron chi connectivity index (χ2n) is 6.16. The van der Waals surface area contributed by atoms with Crippen LogP contribution in [0.4, 0.5) is 24.5 Å². The molecule has 3 rings (SSSR count). The van der Waals surface area contributed by atoms with E-state index in [-0.39, 0.29) is 25.4 Å². The van der Waals surface area contributed by atoms with Crippen molar-refractivity contribution in [3.63, 3.8) is 0 Å². The molecule has 1 N–H and O–H groups in total. The molecular weight excluding hydrogens is 365 g/mol. The SMILES string of the molecule is O=[N+]([O-])c1ccc(CO)cc1N1CCOC(c2ccc(C(F)(F)F)cc2)C1. The fourth-order valence-corrected chi connectivity index (χ4v) is 3.03. The summed E-state index contributed by atoms with van der Waals surface area (Å²) < 4.78 is 43.8. The molecule has 1 aliphatic rings. The topological polar surface area (TPSA) is 75.8 Å². The zero-order valence-corrected chi connectivity index (χ0v) is 14.1. The second-order valence-corrected chi connectivity index (χ2v) is 6.16. The molecule has 0 aromatic heterocycles. The maximum absolute atomic E-state index is 12.7. The molecule has 0 aliphatic carbocycles.